The fourth-order valence-corrected chi connectivity index (χ4v) is 4.05. The number of amides is 3. The molecule has 35 heavy (non-hydrogen) atoms. The molecule has 0 spiro atoms. The zero-order valence-electron chi connectivity index (χ0n) is 18.6. The molecule has 2 N–H and O–H groups in total. The van der Waals surface area contributed by atoms with Gasteiger partial charge in [-0.3, -0.25) is 24.7 Å². The first-order valence-corrected chi connectivity index (χ1v) is 11.4. The van der Waals surface area contributed by atoms with Gasteiger partial charge in [0.15, 0.2) is 0 Å². The first-order chi connectivity index (χ1) is 16.9. The molecule has 0 aliphatic carbocycles. The quantitative estimate of drug-likeness (QED) is 0.468. The van der Waals surface area contributed by atoms with Crippen LogP contribution < -0.4 is 20.4 Å². The third kappa shape index (κ3) is 5.42. The number of rotatable bonds is 7. The molecule has 10 heteroatoms. The van der Waals surface area contributed by atoms with Crippen molar-refractivity contribution < 1.29 is 19.1 Å². The molecule has 1 saturated heterocycles. The number of methoxy groups -OCH3 is 1. The van der Waals surface area contributed by atoms with E-state index < -0.39 is 23.8 Å². The molecule has 0 saturated carbocycles. The fraction of sp³-hybridized carbons (Fsp3) is 0.120. The number of hydrazine groups is 1. The molecule has 1 fully saturated rings. The molecule has 3 aromatic carbocycles. The largest absolute Gasteiger partial charge is 0.497 e. The van der Waals surface area contributed by atoms with Crippen LogP contribution in [0.1, 0.15) is 16.8 Å². The third-order valence-corrected chi connectivity index (χ3v) is 5.94. The van der Waals surface area contributed by atoms with Crippen molar-refractivity contribution in [3.05, 3.63) is 89.4 Å². The summed E-state index contributed by atoms with van der Waals surface area (Å²) in [5.74, 6) is -0.684. The summed E-state index contributed by atoms with van der Waals surface area (Å²) in [7, 11) is 1.55. The highest BCUT2D eigenvalue weighted by Crippen LogP contribution is 2.28. The summed E-state index contributed by atoms with van der Waals surface area (Å²) in [6.45, 7) is 0. The summed E-state index contributed by atoms with van der Waals surface area (Å²) in [5.41, 5.74) is 4.09. The van der Waals surface area contributed by atoms with Crippen molar-refractivity contribution in [1.29, 1.82) is 0 Å². The van der Waals surface area contributed by atoms with Gasteiger partial charge >= 0.3 is 0 Å². The van der Waals surface area contributed by atoms with Gasteiger partial charge in [-0.2, -0.15) is 0 Å². The number of nitrogens with one attached hydrogen (secondary N) is 2. The molecule has 0 radical (unpaired) electrons. The number of hydrogen-bond acceptors (Lipinski definition) is 5. The summed E-state index contributed by atoms with van der Waals surface area (Å²) in [6, 6.07) is 20.8. The van der Waals surface area contributed by atoms with Crippen LogP contribution >= 0.6 is 23.8 Å². The molecule has 0 aromatic heterocycles. The molecule has 1 atom stereocenters. The lowest BCUT2D eigenvalue weighted by Gasteiger charge is -2.24. The standard InChI is InChI=1S/C25H21ClN4O4S/c1-34-20-13-9-18(10-14-20)27-22(31)15-21-24(33)29(19-11-7-17(26)8-12-19)25(35)30(21)28-23(32)16-5-3-2-4-6-16/h2-14,21H,15H2,1H3,(H,27,31)(H,28,32)/t21-/m1/s1. The molecule has 8 nitrogen and oxygen atoms in total. The SMILES string of the molecule is COc1ccc(NC(=O)C[C@@H]2C(=O)N(c3ccc(Cl)cc3)C(=S)N2NC(=O)c2ccccc2)cc1. The molecule has 4 rings (SSSR count). The smallest absolute Gasteiger partial charge is 0.269 e. The summed E-state index contributed by atoms with van der Waals surface area (Å²) in [5, 5.41) is 4.56. The van der Waals surface area contributed by atoms with Crippen LogP contribution in [0.4, 0.5) is 11.4 Å². The van der Waals surface area contributed by atoms with Crippen molar-refractivity contribution >= 4 is 58.0 Å². The lowest BCUT2D eigenvalue weighted by molar-refractivity contribution is -0.124. The van der Waals surface area contributed by atoms with Gasteiger partial charge in [0.05, 0.1) is 19.2 Å². The maximum absolute atomic E-state index is 13.4. The zero-order chi connectivity index (χ0) is 24.9. The monoisotopic (exact) mass is 508 g/mol. The summed E-state index contributed by atoms with van der Waals surface area (Å²) in [4.78, 5) is 40.4. The Morgan fingerprint density at radius 3 is 2.29 bits per heavy atom. The first kappa shape index (κ1) is 24.2. The van der Waals surface area contributed by atoms with Crippen molar-refractivity contribution in [3.8, 4) is 5.75 Å². The highest BCUT2D eigenvalue weighted by molar-refractivity contribution is 7.80. The number of benzene rings is 3. The number of halogens is 1. The van der Waals surface area contributed by atoms with E-state index in [0.717, 1.165) is 0 Å². The van der Waals surface area contributed by atoms with E-state index in [0.29, 0.717) is 27.7 Å². The van der Waals surface area contributed by atoms with Crippen LogP contribution in [-0.4, -0.2) is 41.0 Å². The van der Waals surface area contributed by atoms with Crippen molar-refractivity contribution in [3.63, 3.8) is 0 Å². The number of carbonyl (C=O) groups excluding carboxylic acids is 3. The van der Waals surface area contributed by atoms with Gasteiger partial charge in [-0.15, -0.1) is 0 Å². The molecule has 3 aromatic rings. The highest BCUT2D eigenvalue weighted by Gasteiger charge is 2.45. The molecule has 0 bridgehead atoms. The molecular formula is C25H21ClN4O4S. The summed E-state index contributed by atoms with van der Waals surface area (Å²) >= 11 is 11.5. The van der Waals surface area contributed by atoms with Crippen LogP contribution in [0.25, 0.3) is 0 Å². The third-order valence-electron chi connectivity index (χ3n) is 5.31. The molecule has 0 unspecified atom stereocenters. The van der Waals surface area contributed by atoms with Crippen molar-refractivity contribution in [2.45, 2.75) is 12.5 Å². The van der Waals surface area contributed by atoms with E-state index in [9.17, 15) is 14.4 Å². The van der Waals surface area contributed by atoms with Gasteiger partial charge in [0.1, 0.15) is 11.8 Å². The average Bonchev–Trinajstić information content (AvgIpc) is 3.09. The van der Waals surface area contributed by atoms with Crippen LogP contribution in [0.2, 0.25) is 5.02 Å². The minimum Gasteiger partial charge on any atom is -0.497 e. The Kier molecular flexibility index (Phi) is 7.28. The van der Waals surface area contributed by atoms with Crippen LogP contribution in [0.15, 0.2) is 78.9 Å². The van der Waals surface area contributed by atoms with Gasteiger partial charge in [0.2, 0.25) is 11.0 Å². The van der Waals surface area contributed by atoms with Gasteiger partial charge in [-0.1, -0.05) is 29.8 Å². The molecule has 1 aliphatic heterocycles. The van der Waals surface area contributed by atoms with E-state index in [1.807, 2.05) is 0 Å². The zero-order valence-corrected chi connectivity index (χ0v) is 20.2. The van der Waals surface area contributed by atoms with E-state index in [1.165, 1.54) is 9.91 Å². The number of carbonyl (C=O) groups is 3. The fourth-order valence-electron chi connectivity index (χ4n) is 3.55. The molecule has 3 amide bonds. The molecule has 1 aliphatic rings. The van der Waals surface area contributed by atoms with Crippen LogP contribution in [0.5, 0.6) is 5.75 Å². The Morgan fingerprint density at radius 1 is 1.00 bits per heavy atom. The first-order valence-electron chi connectivity index (χ1n) is 10.6. The Balaban J connectivity index is 1.57. The summed E-state index contributed by atoms with van der Waals surface area (Å²) in [6.07, 6.45) is -0.246. The van der Waals surface area contributed by atoms with Gasteiger partial charge in [0.25, 0.3) is 11.8 Å². The van der Waals surface area contributed by atoms with Crippen LogP contribution in [0, 0.1) is 0 Å². The van der Waals surface area contributed by atoms with Crippen LogP contribution in [0.3, 0.4) is 0 Å². The van der Waals surface area contributed by atoms with E-state index in [-0.39, 0.29) is 11.5 Å². The molecule has 1 heterocycles. The predicted octanol–water partition coefficient (Wildman–Crippen LogP) is 4.02. The van der Waals surface area contributed by atoms with E-state index in [4.69, 9.17) is 28.6 Å². The second-order valence-electron chi connectivity index (χ2n) is 7.61. The van der Waals surface area contributed by atoms with Crippen molar-refractivity contribution in [2.24, 2.45) is 0 Å². The van der Waals surface area contributed by atoms with Crippen LogP contribution in [-0.2, 0) is 9.59 Å². The van der Waals surface area contributed by atoms with Crippen molar-refractivity contribution in [1.82, 2.24) is 10.4 Å². The maximum Gasteiger partial charge on any atom is 0.269 e. The average molecular weight is 509 g/mol. The molecular weight excluding hydrogens is 488 g/mol. The lowest BCUT2D eigenvalue weighted by Crippen LogP contribution is -2.49. The number of nitrogens with zero attached hydrogens (tertiary/aromatic N) is 2. The Hall–Kier alpha value is -3.95. The maximum atomic E-state index is 13.4. The Bertz CT molecular complexity index is 1250. The van der Waals surface area contributed by atoms with Gasteiger partial charge < -0.3 is 10.1 Å². The number of thiocarbonyl (C=S) groups is 1. The molecule has 178 valence electrons. The second-order valence-corrected chi connectivity index (χ2v) is 8.41. The number of ether oxygens (including phenoxy) is 1. The normalized spacial score (nSPS) is 15.2. The predicted molar refractivity (Wildman–Crippen MR) is 137 cm³/mol. The lowest BCUT2D eigenvalue weighted by atomic mass is 10.1. The Morgan fingerprint density at radius 2 is 1.66 bits per heavy atom. The topological polar surface area (TPSA) is 91.0 Å². The number of hydrogen-bond donors (Lipinski definition) is 2. The van der Waals surface area contributed by atoms with Gasteiger partial charge in [-0.25, -0.2) is 5.01 Å². The van der Waals surface area contributed by atoms with Gasteiger partial charge in [0, 0.05) is 16.3 Å². The van der Waals surface area contributed by atoms with E-state index in [2.05, 4.69) is 10.7 Å². The van der Waals surface area contributed by atoms with E-state index in [1.54, 1.807) is 86.0 Å². The van der Waals surface area contributed by atoms with Gasteiger partial charge in [-0.05, 0) is 72.9 Å². The minimum atomic E-state index is -1.05. The van der Waals surface area contributed by atoms with Crippen molar-refractivity contribution in [2.75, 3.05) is 17.3 Å². The van der Waals surface area contributed by atoms with E-state index >= 15 is 0 Å². The minimum absolute atomic E-state index is 0.0452. The Labute approximate surface area is 212 Å². The second kappa shape index (κ2) is 10.5. The summed E-state index contributed by atoms with van der Waals surface area (Å²) < 4.78 is 5.12. The number of anilines is 2. The highest BCUT2D eigenvalue weighted by atomic mass is 35.5.